The monoisotopic (exact) mass is 829 g/mol. The Morgan fingerprint density at radius 3 is 0.949 bits per heavy atom. The van der Waals surface area contributed by atoms with Crippen LogP contribution in [0.3, 0.4) is 0 Å². The van der Waals surface area contributed by atoms with Gasteiger partial charge >= 0.3 is 17.9 Å². The van der Waals surface area contributed by atoms with Crippen molar-refractivity contribution in [3.63, 3.8) is 0 Å². The van der Waals surface area contributed by atoms with E-state index in [2.05, 4.69) is 57.2 Å². The highest BCUT2D eigenvalue weighted by Crippen LogP contribution is 2.14. The van der Waals surface area contributed by atoms with E-state index < -0.39 is 6.10 Å². The van der Waals surface area contributed by atoms with Gasteiger partial charge in [0.15, 0.2) is 6.10 Å². The van der Waals surface area contributed by atoms with E-state index in [0.717, 1.165) is 77.0 Å². The molecule has 0 bridgehead atoms. The molecule has 0 aliphatic carbocycles. The first-order valence-electron chi connectivity index (χ1n) is 25.5. The van der Waals surface area contributed by atoms with Gasteiger partial charge in [0.2, 0.25) is 0 Å². The van der Waals surface area contributed by atoms with Gasteiger partial charge in [-0.25, -0.2) is 0 Å². The molecule has 0 aromatic rings. The maximum Gasteiger partial charge on any atom is 0.306 e. The lowest BCUT2D eigenvalue weighted by molar-refractivity contribution is -0.167. The second-order valence-electron chi connectivity index (χ2n) is 17.1. The third kappa shape index (κ3) is 46.5. The maximum atomic E-state index is 12.7. The van der Waals surface area contributed by atoms with E-state index >= 15 is 0 Å². The summed E-state index contributed by atoms with van der Waals surface area (Å²) in [6, 6.07) is 0. The molecule has 0 spiro atoms. The summed E-state index contributed by atoms with van der Waals surface area (Å²) in [5, 5.41) is 0. The first-order chi connectivity index (χ1) is 29.0. The topological polar surface area (TPSA) is 78.9 Å². The molecule has 0 heterocycles. The zero-order valence-corrected chi connectivity index (χ0v) is 39.3. The minimum atomic E-state index is -0.772. The van der Waals surface area contributed by atoms with Crippen molar-refractivity contribution < 1.29 is 28.6 Å². The van der Waals surface area contributed by atoms with Gasteiger partial charge in [-0.1, -0.05) is 205 Å². The quantitative estimate of drug-likeness (QED) is 0.0263. The maximum absolute atomic E-state index is 12.7. The van der Waals surface area contributed by atoms with Crippen molar-refractivity contribution in [3.8, 4) is 0 Å². The van der Waals surface area contributed by atoms with Crippen LogP contribution < -0.4 is 0 Å². The van der Waals surface area contributed by atoms with Crippen molar-refractivity contribution in [2.75, 3.05) is 13.2 Å². The number of ether oxygens (including phenoxy) is 3. The van der Waals surface area contributed by atoms with Gasteiger partial charge in [0.05, 0.1) is 0 Å². The summed E-state index contributed by atoms with van der Waals surface area (Å²) in [7, 11) is 0. The summed E-state index contributed by atoms with van der Waals surface area (Å²) in [6.07, 6.45) is 55.9. The van der Waals surface area contributed by atoms with Crippen LogP contribution in [0.2, 0.25) is 0 Å². The molecule has 0 aromatic heterocycles. The highest BCUT2D eigenvalue weighted by atomic mass is 16.6. The summed E-state index contributed by atoms with van der Waals surface area (Å²) >= 11 is 0. The molecule has 0 saturated carbocycles. The molecule has 0 saturated heterocycles. The highest BCUT2D eigenvalue weighted by Gasteiger charge is 2.19. The number of hydrogen-bond acceptors (Lipinski definition) is 6. The average Bonchev–Trinajstić information content (AvgIpc) is 3.23. The smallest absolute Gasteiger partial charge is 0.306 e. The Labute approximate surface area is 365 Å². The van der Waals surface area contributed by atoms with Crippen LogP contribution in [0.15, 0.2) is 36.5 Å². The Hall–Kier alpha value is -2.37. The molecule has 0 aliphatic rings. The number of hydrogen-bond donors (Lipinski definition) is 0. The van der Waals surface area contributed by atoms with Crippen LogP contribution in [0.1, 0.15) is 265 Å². The number of esters is 3. The van der Waals surface area contributed by atoms with Crippen molar-refractivity contribution in [3.05, 3.63) is 36.5 Å². The second kappa shape index (κ2) is 48.3. The van der Waals surface area contributed by atoms with Gasteiger partial charge in [-0.3, -0.25) is 14.4 Å². The van der Waals surface area contributed by atoms with Crippen LogP contribution in [0.4, 0.5) is 0 Å². The fourth-order valence-corrected chi connectivity index (χ4v) is 7.23. The van der Waals surface area contributed by atoms with Crippen molar-refractivity contribution >= 4 is 17.9 Å². The molecule has 0 radical (unpaired) electrons. The zero-order chi connectivity index (χ0) is 43.0. The molecule has 0 fully saturated rings. The van der Waals surface area contributed by atoms with Gasteiger partial charge in [-0.15, -0.1) is 0 Å². The van der Waals surface area contributed by atoms with Crippen molar-refractivity contribution in [2.24, 2.45) is 0 Å². The van der Waals surface area contributed by atoms with E-state index in [9.17, 15) is 14.4 Å². The number of unbranched alkanes of at least 4 members (excludes halogenated alkanes) is 29. The number of rotatable bonds is 46. The predicted molar refractivity (Wildman–Crippen MR) is 252 cm³/mol. The average molecular weight is 829 g/mol. The molecular weight excluding hydrogens is 733 g/mol. The Morgan fingerprint density at radius 1 is 0.339 bits per heavy atom. The van der Waals surface area contributed by atoms with Crippen LogP contribution in [0.25, 0.3) is 0 Å². The molecule has 59 heavy (non-hydrogen) atoms. The molecule has 1 unspecified atom stereocenters. The highest BCUT2D eigenvalue weighted by molar-refractivity contribution is 5.71. The zero-order valence-electron chi connectivity index (χ0n) is 39.3. The normalized spacial score (nSPS) is 12.3. The largest absolute Gasteiger partial charge is 0.462 e. The van der Waals surface area contributed by atoms with E-state index in [4.69, 9.17) is 14.2 Å². The van der Waals surface area contributed by atoms with Gasteiger partial charge in [-0.05, 0) is 77.0 Å². The number of carbonyl (C=O) groups is 3. The SMILES string of the molecule is CCCCCCC/C=C\C/C=C\CCCCCCCCCCCC(=O)OCC(COC(=O)CCCCCCC)OC(=O)CCCCCCC/C=C\CCCCCCCC. The fourth-order valence-electron chi connectivity index (χ4n) is 7.23. The first-order valence-corrected chi connectivity index (χ1v) is 25.5. The summed E-state index contributed by atoms with van der Waals surface area (Å²) in [6.45, 7) is 6.54. The Morgan fingerprint density at radius 2 is 0.610 bits per heavy atom. The van der Waals surface area contributed by atoms with Gasteiger partial charge in [0.1, 0.15) is 13.2 Å². The van der Waals surface area contributed by atoms with Crippen LogP contribution in [0, 0.1) is 0 Å². The van der Waals surface area contributed by atoms with E-state index in [-0.39, 0.29) is 31.1 Å². The first kappa shape index (κ1) is 56.6. The lowest BCUT2D eigenvalue weighted by atomic mass is 10.1. The van der Waals surface area contributed by atoms with Crippen LogP contribution in [-0.4, -0.2) is 37.2 Å². The lowest BCUT2D eigenvalue weighted by Gasteiger charge is -2.18. The van der Waals surface area contributed by atoms with Gasteiger partial charge in [0.25, 0.3) is 0 Å². The van der Waals surface area contributed by atoms with Gasteiger partial charge in [0, 0.05) is 19.3 Å². The van der Waals surface area contributed by atoms with Crippen molar-refractivity contribution in [2.45, 2.75) is 271 Å². The van der Waals surface area contributed by atoms with E-state index in [1.54, 1.807) is 0 Å². The third-order valence-electron chi connectivity index (χ3n) is 11.1. The summed E-state index contributed by atoms with van der Waals surface area (Å²) in [5.41, 5.74) is 0. The van der Waals surface area contributed by atoms with E-state index in [0.29, 0.717) is 19.3 Å². The molecule has 0 aliphatic heterocycles. The van der Waals surface area contributed by atoms with Crippen molar-refractivity contribution in [1.82, 2.24) is 0 Å². The molecule has 0 rings (SSSR count). The van der Waals surface area contributed by atoms with Crippen LogP contribution in [-0.2, 0) is 28.6 Å². The molecule has 0 N–H and O–H groups in total. The van der Waals surface area contributed by atoms with Gasteiger partial charge < -0.3 is 14.2 Å². The lowest BCUT2D eigenvalue weighted by Crippen LogP contribution is -2.30. The standard InChI is InChI=1S/C53H96O6/c1-4-7-10-13-15-17-19-21-23-24-25-26-27-28-30-31-33-35-37-40-43-46-52(55)58-49-50(48-57-51(54)45-42-39-12-9-6-3)59-53(56)47-44-41-38-36-34-32-29-22-20-18-16-14-11-8-5-2/h19,21-22,24-25,29,50H,4-18,20,23,26-28,30-49H2,1-3H3/b21-19-,25-24-,29-22-. The van der Waals surface area contributed by atoms with Crippen LogP contribution >= 0.6 is 0 Å². The molecular formula is C53H96O6. The van der Waals surface area contributed by atoms with Crippen LogP contribution in [0.5, 0.6) is 0 Å². The van der Waals surface area contributed by atoms with E-state index in [1.165, 1.54) is 148 Å². The molecule has 6 nitrogen and oxygen atoms in total. The number of carbonyl (C=O) groups excluding carboxylic acids is 3. The molecule has 6 heteroatoms. The Balaban J connectivity index is 4.15. The predicted octanol–water partition coefficient (Wildman–Crippen LogP) is 16.5. The molecule has 0 aromatic carbocycles. The summed E-state index contributed by atoms with van der Waals surface area (Å²) in [5.74, 6) is -0.896. The number of allylic oxidation sites excluding steroid dienone is 6. The molecule has 344 valence electrons. The molecule has 0 amide bonds. The van der Waals surface area contributed by atoms with E-state index in [1.807, 2.05) is 0 Å². The Kier molecular flexibility index (Phi) is 46.4. The summed E-state index contributed by atoms with van der Waals surface area (Å²) < 4.78 is 16.7. The second-order valence-corrected chi connectivity index (χ2v) is 17.1. The minimum Gasteiger partial charge on any atom is -0.462 e. The summed E-state index contributed by atoms with van der Waals surface area (Å²) in [4.78, 5) is 37.6. The van der Waals surface area contributed by atoms with Crippen molar-refractivity contribution in [1.29, 1.82) is 0 Å². The fraction of sp³-hybridized carbons (Fsp3) is 0.830. The minimum absolute atomic E-state index is 0.0765. The third-order valence-corrected chi connectivity index (χ3v) is 11.1. The molecule has 1 atom stereocenters. The van der Waals surface area contributed by atoms with Gasteiger partial charge in [-0.2, -0.15) is 0 Å². The Bertz CT molecular complexity index is 1000.